The second-order valence-corrected chi connectivity index (χ2v) is 4.95. The van der Waals surface area contributed by atoms with Crippen molar-refractivity contribution in [2.24, 2.45) is 0 Å². The van der Waals surface area contributed by atoms with E-state index < -0.39 is 5.97 Å². The molecule has 1 aromatic carbocycles. The van der Waals surface area contributed by atoms with Gasteiger partial charge in [0.1, 0.15) is 4.88 Å². The number of carboxylic acid groups (broad SMARTS) is 1. The fraction of sp³-hybridized carbons (Fsp3) is 0. The number of anilines is 1. The molecule has 0 aliphatic rings. The zero-order chi connectivity index (χ0) is 13.1. The summed E-state index contributed by atoms with van der Waals surface area (Å²) in [6.45, 7) is 0. The number of aromatic carboxylic acids is 1. The first-order valence-corrected chi connectivity index (χ1v) is 6.16. The average molecular weight is 282 g/mol. The van der Waals surface area contributed by atoms with Crippen LogP contribution in [0.4, 0.5) is 5.69 Å². The maximum atomic E-state index is 11.8. The highest BCUT2D eigenvalue weighted by atomic mass is 35.5. The zero-order valence-corrected chi connectivity index (χ0v) is 10.6. The number of carbonyl (C=O) groups is 2. The minimum Gasteiger partial charge on any atom is -0.477 e. The Labute approximate surface area is 112 Å². The van der Waals surface area contributed by atoms with Gasteiger partial charge in [0, 0.05) is 10.7 Å². The number of nitrogens with one attached hydrogen (secondary N) is 1. The van der Waals surface area contributed by atoms with Crippen LogP contribution in [0.25, 0.3) is 0 Å². The number of hydrogen-bond donors (Lipinski definition) is 2. The van der Waals surface area contributed by atoms with E-state index in [2.05, 4.69) is 5.32 Å². The van der Waals surface area contributed by atoms with Crippen molar-refractivity contribution in [2.75, 3.05) is 5.32 Å². The Hall–Kier alpha value is -1.85. The largest absolute Gasteiger partial charge is 0.477 e. The zero-order valence-electron chi connectivity index (χ0n) is 9.01. The van der Waals surface area contributed by atoms with Crippen LogP contribution in [0, 0.1) is 0 Å². The van der Waals surface area contributed by atoms with Gasteiger partial charge >= 0.3 is 5.97 Å². The molecule has 0 fully saturated rings. The molecule has 0 saturated carbocycles. The van der Waals surface area contributed by atoms with Crippen LogP contribution in [0.15, 0.2) is 36.4 Å². The third kappa shape index (κ3) is 2.88. The van der Waals surface area contributed by atoms with E-state index in [0.29, 0.717) is 15.6 Å². The predicted octanol–water partition coefficient (Wildman–Crippen LogP) is 3.35. The van der Waals surface area contributed by atoms with Gasteiger partial charge < -0.3 is 10.4 Å². The fourth-order valence-corrected chi connectivity index (χ4v) is 2.26. The van der Waals surface area contributed by atoms with Crippen molar-refractivity contribution in [1.82, 2.24) is 0 Å². The van der Waals surface area contributed by atoms with E-state index in [1.165, 1.54) is 12.1 Å². The summed E-state index contributed by atoms with van der Waals surface area (Å²) < 4.78 is 0. The lowest BCUT2D eigenvalue weighted by molar-refractivity contribution is 0.0702. The van der Waals surface area contributed by atoms with Crippen LogP contribution in [-0.2, 0) is 0 Å². The summed E-state index contributed by atoms with van der Waals surface area (Å²) in [5.41, 5.74) is 0.567. The van der Waals surface area contributed by atoms with Gasteiger partial charge in [-0.3, -0.25) is 4.79 Å². The maximum Gasteiger partial charge on any atom is 0.345 e. The van der Waals surface area contributed by atoms with Gasteiger partial charge in [0.25, 0.3) is 5.91 Å². The highest BCUT2D eigenvalue weighted by Gasteiger charge is 2.12. The molecule has 2 rings (SSSR count). The molecule has 1 heterocycles. The summed E-state index contributed by atoms with van der Waals surface area (Å²) in [4.78, 5) is 23.0. The first-order valence-electron chi connectivity index (χ1n) is 4.96. The number of hydrogen-bond acceptors (Lipinski definition) is 3. The Balaban J connectivity index is 2.14. The Morgan fingerprint density at radius 2 is 1.89 bits per heavy atom. The summed E-state index contributed by atoms with van der Waals surface area (Å²) in [6.07, 6.45) is 0. The number of amides is 1. The third-order valence-electron chi connectivity index (χ3n) is 2.12. The standard InChI is InChI=1S/C12H8ClNO3S/c13-7-2-1-3-8(6-7)14-11(15)9-4-5-10(18-9)12(16)17/h1-6H,(H,14,15)(H,16,17). The Morgan fingerprint density at radius 3 is 2.50 bits per heavy atom. The van der Waals surface area contributed by atoms with Gasteiger partial charge in [-0.15, -0.1) is 11.3 Å². The summed E-state index contributed by atoms with van der Waals surface area (Å²) in [7, 11) is 0. The number of benzene rings is 1. The second-order valence-electron chi connectivity index (χ2n) is 3.43. The molecule has 0 unspecified atom stereocenters. The minimum atomic E-state index is -1.04. The molecule has 1 aromatic heterocycles. The normalized spacial score (nSPS) is 10.1. The number of rotatable bonds is 3. The van der Waals surface area contributed by atoms with Crippen LogP contribution in [0.3, 0.4) is 0 Å². The predicted molar refractivity (Wildman–Crippen MR) is 70.7 cm³/mol. The van der Waals surface area contributed by atoms with Crippen molar-refractivity contribution >= 4 is 40.5 Å². The first-order chi connectivity index (χ1) is 8.56. The van der Waals surface area contributed by atoms with E-state index in [4.69, 9.17) is 16.7 Å². The van der Waals surface area contributed by atoms with Gasteiger partial charge in [-0.2, -0.15) is 0 Å². The van der Waals surface area contributed by atoms with Crippen molar-refractivity contribution in [3.63, 3.8) is 0 Å². The van der Waals surface area contributed by atoms with E-state index in [1.54, 1.807) is 24.3 Å². The summed E-state index contributed by atoms with van der Waals surface area (Å²) in [5, 5.41) is 11.9. The summed E-state index contributed by atoms with van der Waals surface area (Å²) >= 11 is 6.72. The highest BCUT2D eigenvalue weighted by molar-refractivity contribution is 7.15. The van der Waals surface area contributed by atoms with E-state index in [0.717, 1.165) is 11.3 Å². The smallest absolute Gasteiger partial charge is 0.345 e. The average Bonchev–Trinajstić information content (AvgIpc) is 2.78. The van der Waals surface area contributed by atoms with E-state index in [9.17, 15) is 9.59 Å². The number of thiophene rings is 1. The molecule has 1 amide bonds. The molecular formula is C12H8ClNO3S. The van der Waals surface area contributed by atoms with Gasteiger partial charge in [0.05, 0.1) is 4.88 Å². The van der Waals surface area contributed by atoms with Crippen LogP contribution >= 0.6 is 22.9 Å². The van der Waals surface area contributed by atoms with Gasteiger partial charge in [0.2, 0.25) is 0 Å². The SMILES string of the molecule is O=C(O)c1ccc(C(=O)Nc2cccc(Cl)c2)s1. The topological polar surface area (TPSA) is 66.4 Å². The number of carboxylic acids is 1. The second kappa shape index (κ2) is 5.20. The molecule has 4 nitrogen and oxygen atoms in total. The van der Waals surface area contributed by atoms with Crippen LogP contribution in [0.5, 0.6) is 0 Å². The van der Waals surface area contributed by atoms with Crippen molar-refractivity contribution in [3.05, 3.63) is 51.2 Å². The lowest BCUT2D eigenvalue weighted by Crippen LogP contribution is -2.09. The molecule has 92 valence electrons. The van der Waals surface area contributed by atoms with Crippen LogP contribution in [-0.4, -0.2) is 17.0 Å². The van der Waals surface area contributed by atoms with Crippen molar-refractivity contribution in [3.8, 4) is 0 Å². The van der Waals surface area contributed by atoms with Gasteiger partial charge in [-0.05, 0) is 30.3 Å². The quantitative estimate of drug-likeness (QED) is 0.906. The minimum absolute atomic E-state index is 0.131. The molecule has 6 heteroatoms. The van der Waals surface area contributed by atoms with E-state index in [1.807, 2.05) is 0 Å². The van der Waals surface area contributed by atoms with Crippen molar-refractivity contribution < 1.29 is 14.7 Å². The molecule has 18 heavy (non-hydrogen) atoms. The van der Waals surface area contributed by atoms with Gasteiger partial charge in [0.15, 0.2) is 0 Å². The number of halogens is 1. The lowest BCUT2D eigenvalue weighted by Gasteiger charge is -2.03. The van der Waals surface area contributed by atoms with Gasteiger partial charge in [-0.1, -0.05) is 17.7 Å². The molecule has 2 aromatic rings. The Morgan fingerprint density at radius 1 is 1.17 bits per heavy atom. The third-order valence-corrected chi connectivity index (χ3v) is 3.43. The van der Waals surface area contributed by atoms with E-state index in [-0.39, 0.29) is 10.8 Å². The summed E-state index contributed by atoms with van der Waals surface area (Å²) in [6, 6.07) is 9.62. The number of carbonyl (C=O) groups excluding carboxylic acids is 1. The molecule has 0 aliphatic carbocycles. The molecule has 0 radical (unpaired) electrons. The first kappa shape index (κ1) is 12.6. The molecule has 2 N–H and O–H groups in total. The fourth-order valence-electron chi connectivity index (χ4n) is 1.33. The van der Waals surface area contributed by atoms with E-state index >= 15 is 0 Å². The van der Waals surface area contributed by atoms with Crippen LogP contribution in [0.1, 0.15) is 19.3 Å². The van der Waals surface area contributed by atoms with Crippen LogP contribution in [0.2, 0.25) is 5.02 Å². The molecule has 0 saturated heterocycles. The Kier molecular flexibility index (Phi) is 3.64. The van der Waals surface area contributed by atoms with Crippen molar-refractivity contribution in [2.45, 2.75) is 0 Å². The monoisotopic (exact) mass is 281 g/mol. The molecule has 0 atom stereocenters. The maximum absolute atomic E-state index is 11.8. The molecule has 0 spiro atoms. The summed E-state index contributed by atoms with van der Waals surface area (Å²) in [5.74, 6) is -1.39. The van der Waals surface area contributed by atoms with Crippen molar-refractivity contribution in [1.29, 1.82) is 0 Å². The lowest BCUT2D eigenvalue weighted by atomic mass is 10.3. The van der Waals surface area contributed by atoms with Gasteiger partial charge in [-0.25, -0.2) is 4.79 Å². The molecule has 0 aliphatic heterocycles. The van der Waals surface area contributed by atoms with Crippen LogP contribution < -0.4 is 5.32 Å². The highest BCUT2D eigenvalue weighted by Crippen LogP contribution is 2.20. The Bertz CT molecular complexity index is 609. The molecular weight excluding hydrogens is 274 g/mol. The molecule has 0 bridgehead atoms.